The number of rotatable bonds is 2. The molecule has 0 atom stereocenters. The predicted molar refractivity (Wildman–Crippen MR) is 51.9 cm³/mol. The molecule has 0 aliphatic carbocycles. The Morgan fingerprint density at radius 3 is 1.50 bits per heavy atom. The average molecular weight is 210 g/mol. The maximum Gasteiger partial charge on any atom is 0.130 e. The summed E-state index contributed by atoms with van der Waals surface area (Å²) >= 11 is 0. The zero-order valence-electron chi connectivity index (χ0n) is 6.42. The molecule has 0 unspecified atom stereocenters. The number of carbonyl (C=O) groups is 1. The molecule has 0 aromatic heterocycles. The number of hydrogen-bond donors (Lipinski definition) is 0. The number of Topliss-reactive ketones (excluding diaryl/α,β-unsaturated/α-hetero) is 1. The van der Waals surface area contributed by atoms with Gasteiger partial charge in [-0.25, -0.2) is 0 Å². The monoisotopic (exact) mass is 208 g/mol. The lowest BCUT2D eigenvalue weighted by Gasteiger charge is -1.95. The van der Waals surface area contributed by atoms with Gasteiger partial charge in [0.25, 0.3) is 0 Å². The van der Waals surface area contributed by atoms with Crippen LogP contribution in [0.25, 0.3) is 0 Å². The Kier molecular flexibility index (Phi) is 27.4. The number of hydrogen-bond acceptors (Lipinski definition) is 1. The summed E-state index contributed by atoms with van der Waals surface area (Å²) in [6, 6.07) is 0. The van der Waals surface area contributed by atoms with Gasteiger partial charge in [-0.15, -0.1) is 37.2 Å². The Hall–Kier alpha value is 0.540. The molecule has 0 saturated carbocycles. The fourth-order valence-corrected chi connectivity index (χ4v) is 0.575. The highest BCUT2D eigenvalue weighted by Crippen LogP contribution is 1.97. The number of ketones is 1. The Bertz CT molecular complexity index is 73.4. The minimum atomic E-state index is 0. The molecule has 1 nitrogen and oxygen atoms in total. The zero-order valence-corrected chi connectivity index (χ0v) is 8.87. The largest absolute Gasteiger partial charge is 0.300 e. The van der Waals surface area contributed by atoms with Crippen LogP contribution in [0, 0.1) is 5.92 Å². The van der Waals surface area contributed by atoms with Gasteiger partial charge < -0.3 is 4.79 Å². The lowest BCUT2D eigenvalue weighted by molar-refractivity contribution is -0.117. The van der Waals surface area contributed by atoms with Crippen LogP contribution in [0.3, 0.4) is 0 Å². The Morgan fingerprint density at radius 1 is 1.20 bits per heavy atom. The minimum absolute atomic E-state index is 0. The van der Waals surface area contributed by atoms with E-state index >= 15 is 0 Å². The first kappa shape index (κ1) is 22.4. The molecule has 4 heteroatoms. The van der Waals surface area contributed by atoms with Gasteiger partial charge in [0, 0.05) is 6.42 Å². The van der Waals surface area contributed by atoms with Crippen LogP contribution in [-0.4, -0.2) is 5.78 Å². The molecular formula is C6H15Cl3O. The molecule has 66 valence electrons. The normalized spacial score (nSPS) is 6.80. The molecule has 0 fully saturated rings. The summed E-state index contributed by atoms with van der Waals surface area (Å²) in [5.41, 5.74) is 0. The molecule has 0 bridgehead atoms. The van der Waals surface area contributed by atoms with E-state index in [2.05, 4.69) is 0 Å². The molecule has 0 aromatic rings. The Morgan fingerprint density at radius 2 is 1.50 bits per heavy atom. The summed E-state index contributed by atoms with van der Waals surface area (Å²) in [4.78, 5) is 10.3. The second-order valence-electron chi connectivity index (χ2n) is 2.30. The summed E-state index contributed by atoms with van der Waals surface area (Å²) in [6.45, 7) is 5.71. The fourth-order valence-electron chi connectivity index (χ4n) is 0.575. The molecule has 0 aromatic carbocycles. The summed E-state index contributed by atoms with van der Waals surface area (Å²) in [5, 5.41) is 0. The summed E-state index contributed by atoms with van der Waals surface area (Å²) in [6.07, 6.45) is 0.722. The molecule has 10 heavy (non-hydrogen) atoms. The molecule has 0 amide bonds. The van der Waals surface area contributed by atoms with Gasteiger partial charge in [0.05, 0.1) is 0 Å². The molecular weight excluding hydrogens is 194 g/mol. The third-order valence-electron chi connectivity index (χ3n) is 0.696. The molecule has 0 rings (SSSR count). The third-order valence-corrected chi connectivity index (χ3v) is 0.696. The lowest BCUT2D eigenvalue weighted by Crippen LogP contribution is -1.95. The molecule has 0 N–H and O–H groups in total. The molecule has 0 aliphatic rings. The first-order valence-electron chi connectivity index (χ1n) is 2.62. The minimum Gasteiger partial charge on any atom is -0.300 e. The lowest BCUT2D eigenvalue weighted by atomic mass is 10.1. The van der Waals surface area contributed by atoms with Crippen molar-refractivity contribution in [1.29, 1.82) is 0 Å². The highest BCUT2D eigenvalue weighted by Gasteiger charge is 1.95. The molecule has 0 spiro atoms. The van der Waals surface area contributed by atoms with Crippen molar-refractivity contribution < 1.29 is 4.79 Å². The third kappa shape index (κ3) is 23.6. The Labute approximate surface area is 81.2 Å². The van der Waals surface area contributed by atoms with Crippen LogP contribution in [0.2, 0.25) is 0 Å². The molecule has 0 aliphatic heterocycles. The van der Waals surface area contributed by atoms with Crippen LogP contribution in [0.1, 0.15) is 27.2 Å². The van der Waals surface area contributed by atoms with E-state index < -0.39 is 0 Å². The second kappa shape index (κ2) is 12.2. The van der Waals surface area contributed by atoms with Gasteiger partial charge in [0.1, 0.15) is 5.78 Å². The van der Waals surface area contributed by atoms with Crippen LogP contribution in [-0.2, 0) is 4.79 Å². The maximum absolute atomic E-state index is 10.3. The van der Waals surface area contributed by atoms with Crippen LogP contribution >= 0.6 is 37.2 Å². The van der Waals surface area contributed by atoms with Crippen molar-refractivity contribution in [2.24, 2.45) is 5.92 Å². The highest BCUT2D eigenvalue weighted by atomic mass is 35.5. The van der Waals surface area contributed by atoms with E-state index in [4.69, 9.17) is 0 Å². The van der Waals surface area contributed by atoms with Crippen molar-refractivity contribution in [3.05, 3.63) is 0 Å². The summed E-state index contributed by atoms with van der Waals surface area (Å²) in [7, 11) is 0. The van der Waals surface area contributed by atoms with Crippen LogP contribution in [0.4, 0.5) is 0 Å². The van der Waals surface area contributed by atoms with E-state index in [1.54, 1.807) is 6.92 Å². The predicted octanol–water partition coefficient (Wildman–Crippen LogP) is 2.89. The van der Waals surface area contributed by atoms with E-state index in [-0.39, 0.29) is 43.0 Å². The van der Waals surface area contributed by atoms with Crippen molar-refractivity contribution in [3.63, 3.8) is 0 Å². The van der Waals surface area contributed by atoms with Crippen molar-refractivity contribution in [2.75, 3.05) is 0 Å². The van der Waals surface area contributed by atoms with E-state index in [1.165, 1.54) is 0 Å². The van der Waals surface area contributed by atoms with Gasteiger partial charge in [0.15, 0.2) is 0 Å². The molecule has 0 radical (unpaired) electrons. The van der Waals surface area contributed by atoms with Crippen LogP contribution in [0.15, 0.2) is 0 Å². The van der Waals surface area contributed by atoms with Crippen molar-refractivity contribution in [1.82, 2.24) is 0 Å². The average Bonchev–Trinajstić information content (AvgIpc) is 1.27. The molecule has 0 heterocycles. The first-order chi connectivity index (χ1) is 3.13. The van der Waals surface area contributed by atoms with Gasteiger partial charge >= 0.3 is 0 Å². The zero-order chi connectivity index (χ0) is 5.86. The Balaban J connectivity index is -0.0000000600. The van der Waals surface area contributed by atoms with Gasteiger partial charge in [-0.3, -0.25) is 0 Å². The second-order valence-corrected chi connectivity index (χ2v) is 2.30. The number of carbonyl (C=O) groups excluding carboxylic acids is 1. The summed E-state index contributed by atoms with van der Waals surface area (Å²) in [5.74, 6) is 0.813. The van der Waals surface area contributed by atoms with E-state index in [0.29, 0.717) is 5.92 Å². The van der Waals surface area contributed by atoms with Crippen LogP contribution < -0.4 is 0 Å². The SMILES string of the molecule is CC(=O)CC(C)C.Cl.Cl.Cl. The fraction of sp³-hybridized carbons (Fsp3) is 0.833. The van der Waals surface area contributed by atoms with Gasteiger partial charge in [-0.05, 0) is 12.8 Å². The van der Waals surface area contributed by atoms with Crippen molar-refractivity contribution in [2.45, 2.75) is 27.2 Å². The standard InChI is InChI=1S/C6H12O.3ClH/c1-5(2)4-6(3)7;;;/h5H,4H2,1-3H3;3*1H. The van der Waals surface area contributed by atoms with Gasteiger partial charge in [-0.1, -0.05) is 13.8 Å². The maximum atomic E-state index is 10.3. The smallest absolute Gasteiger partial charge is 0.130 e. The van der Waals surface area contributed by atoms with E-state index in [9.17, 15) is 4.79 Å². The first-order valence-corrected chi connectivity index (χ1v) is 2.62. The number of halogens is 3. The van der Waals surface area contributed by atoms with Gasteiger partial charge in [0.2, 0.25) is 0 Å². The quantitative estimate of drug-likeness (QED) is 0.683. The van der Waals surface area contributed by atoms with Crippen LogP contribution in [0.5, 0.6) is 0 Å². The summed E-state index contributed by atoms with van der Waals surface area (Å²) < 4.78 is 0. The molecule has 0 saturated heterocycles. The van der Waals surface area contributed by atoms with E-state index in [0.717, 1.165) is 6.42 Å². The van der Waals surface area contributed by atoms with Crippen molar-refractivity contribution in [3.8, 4) is 0 Å². The van der Waals surface area contributed by atoms with Gasteiger partial charge in [-0.2, -0.15) is 0 Å². The van der Waals surface area contributed by atoms with E-state index in [1.807, 2.05) is 13.8 Å². The van der Waals surface area contributed by atoms with Crippen molar-refractivity contribution >= 4 is 43.0 Å². The highest BCUT2D eigenvalue weighted by molar-refractivity contribution is 5.86. The topological polar surface area (TPSA) is 17.1 Å².